The third kappa shape index (κ3) is 3.76. The number of Topliss-reactive ketones (excluding diaryl/α,β-unsaturated/α-hetero) is 1. The van der Waals surface area contributed by atoms with Crippen molar-refractivity contribution in [3.05, 3.63) is 47.8 Å². The molecule has 1 aromatic carbocycles. The molecular formula is C18H20N4O2. The van der Waals surface area contributed by atoms with Crippen molar-refractivity contribution in [3.8, 4) is 0 Å². The monoisotopic (exact) mass is 324 g/mol. The first-order chi connectivity index (χ1) is 11.6. The summed E-state index contributed by atoms with van der Waals surface area (Å²) in [6.45, 7) is 3.44. The third-order valence-electron chi connectivity index (χ3n) is 4.09. The van der Waals surface area contributed by atoms with Gasteiger partial charge in [-0.3, -0.25) is 9.59 Å². The van der Waals surface area contributed by atoms with Gasteiger partial charge in [0.1, 0.15) is 0 Å². The second-order valence-corrected chi connectivity index (χ2v) is 5.91. The summed E-state index contributed by atoms with van der Waals surface area (Å²) in [7, 11) is 0. The van der Waals surface area contributed by atoms with Crippen LogP contribution in [0.1, 0.15) is 46.9 Å². The number of anilines is 2. The van der Waals surface area contributed by atoms with Crippen molar-refractivity contribution in [2.75, 3.05) is 23.3 Å². The summed E-state index contributed by atoms with van der Waals surface area (Å²) >= 11 is 0. The lowest BCUT2D eigenvalue weighted by molar-refractivity contribution is 0.101. The topological polar surface area (TPSA) is 75.2 Å². The van der Waals surface area contributed by atoms with Gasteiger partial charge in [-0.2, -0.15) is 0 Å². The molecule has 0 atom stereocenters. The standard InChI is InChI=1S/C18H20N4O2/c1-13(23)14-5-7-16(8-6-14)21-17(24)15-11-19-18(20-12-15)22-9-3-2-4-10-22/h5-8,11-12H,2-4,9-10H2,1H3,(H,21,24). The second-order valence-electron chi connectivity index (χ2n) is 5.91. The molecule has 1 amide bonds. The number of nitrogens with one attached hydrogen (secondary N) is 1. The molecule has 2 aromatic rings. The lowest BCUT2D eigenvalue weighted by Crippen LogP contribution is -2.31. The maximum atomic E-state index is 12.2. The molecule has 1 saturated heterocycles. The van der Waals surface area contributed by atoms with Crippen LogP contribution in [0.15, 0.2) is 36.7 Å². The zero-order valence-electron chi connectivity index (χ0n) is 13.7. The molecule has 0 spiro atoms. The molecule has 0 saturated carbocycles. The third-order valence-corrected chi connectivity index (χ3v) is 4.09. The van der Waals surface area contributed by atoms with Gasteiger partial charge < -0.3 is 10.2 Å². The van der Waals surface area contributed by atoms with E-state index in [0.717, 1.165) is 25.9 Å². The number of benzene rings is 1. The minimum atomic E-state index is -0.268. The zero-order valence-corrected chi connectivity index (χ0v) is 13.7. The van der Waals surface area contributed by atoms with Crippen LogP contribution < -0.4 is 10.2 Å². The van der Waals surface area contributed by atoms with Crippen LogP contribution in [0, 0.1) is 0 Å². The van der Waals surface area contributed by atoms with Crippen LogP contribution in [0.3, 0.4) is 0 Å². The van der Waals surface area contributed by atoms with Gasteiger partial charge in [-0.05, 0) is 50.5 Å². The van der Waals surface area contributed by atoms with Crippen molar-refractivity contribution in [3.63, 3.8) is 0 Å². The minimum absolute atomic E-state index is 0.00502. The van der Waals surface area contributed by atoms with Crippen LogP contribution >= 0.6 is 0 Å². The SMILES string of the molecule is CC(=O)c1ccc(NC(=O)c2cnc(N3CCCCC3)nc2)cc1. The van der Waals surface area contributed by atoms with Crippen LogP contribution in [0.5, 0.6) is 0 Å². The Hall–Kier alpha value is -2.76. The van der Waals surface area contributed by atoms with Crippen molar-refractivity contribution < 1.29 is 9.59 Å². The fourth-order valence-electron chi connectivity index (χ4n) is 2.69. The Balaban J connectivity index is 1.65. The van der Waals surface area contributed by atoms with E-state index in [-0.39, 0.29) is 11.7 Å². The van der Waals surface area contributed by atoms with Gasteiger partial charge in [-0.25, -0.2) is 9.97 Å². The van der Waals surface area contributed by atoms with Crippen LogP contribution in [0.4, 0.5) is 11.6 Å². The fourth-order valence-corrected chi connectivity index (χ4v) is 2.69. The summed E-state index contributed by atoms with van der Waals surface area (Å²) in [5.74, 6) is 0.405. The largest absolute Gasteiger partial charge is 0.341 e. The van der Waals surface area contributed by atoms with Crippen molar-refractivity contribution in [1.82, 2.24) is 9.97 Å². The van der Waals surface area contributed by atoms with Gasteiger partial charge >= 0.3 is 0 Å². The highest BCUT2D eigenvalue weighted by Crippen LogP contribution is 2.16. The predicted molar refractivity (Wildman–Crippen MR) is 92.5 cm³/mol. The molecule has 6 nitrogen and oxygen atoms in total. The molecule has 0 aliphatic carbocycles. The zero-order chi connectivity index (χ0) is 16.9. The number of carbonyl (C=O) groups is 2. The summed E-state index contributed by atoms with van der Waals surface area (Å²) in [5, 5.41) is 2.78. The van der Waals surface area contributed by atoms with Gasteiger partial charge in [0.15, 0.2) is 5.78 Å². The molecule has 6 heteroatoms. The van der Waals surface area contributed by atoms with Gasteiger partial charge in [0.2, 0.25) is 5.95 Å². The number of piperidine rings is 1. The summed E-state index contributed by atoms with van der Waals surface area (Å²) in [5.41, 5.74) is 1.65. The molecule has 2 heterocycles. The first kappa shape index (κ1) is 16.1. The van der Waals surface area contributed by atoms with Gasteiger partial charge in [0.25, 0.3) is 5.91 Å². The predicted octanol–water partition coefficient (Wildman–Crippen LogP) is 2.92. The number of aromatic nitrogens is 2. The van der Waals surface area contributed by atoms with E-state index in [1.54, 1.807) is 36.7 Å². The van der Waals surface area contributed by atoms with E-state index in [1.165, 1.54) is 13.3 Å². The first-order valence-electron chi connectivity index (χ1n) is 8.13. The normalized spacial score (nSPS) is 14.3. The quantitative estimate of drug-likeness (QED) is 0.875. The van der Waals surface area contributed by atoms with Gasteiger partial charge in [0, 0.05) is 36.7 Å². The summed E-state index contributed by atoms with van der Waals surface area (Å²) in [4.78, 5) is 34.3. The van der Waals surface area contributed by atoms with E-state index in [1.807, 2.05) is 0 Å². The molecule has 0 unspecified atom stereocenters. The number of hydrogen-bond acceptors (Lipinski definition) is 5. The maximum Gasteiger partial charge on any atom is 0.258 e. The maximum absolute atomic E-state index is 12.2. The van der Waals surface area contributed by atoms with Crippen molar-refractivity contribution in [2.24, 2.45) is 0 Å². The molecule has 1 fully saturated rings. The number of hydrogen-bond donors (Lipinski definition) is 1. The number of carbonyl (C=O) groups excluding carboxylic acids is 2. The minimum Gasteiger partial charge on any atom is -0.341 e. The molecule has 1 aliphatic rings. The van der Waals surface area contributed by atoms with E-state index >= 15 is 0 Å². The van der Waals surface area contributed by atoms with Gasteiger partial charge in [0.05, 0.1) is 5.56 Å². The van der Waals surface area contributed by atoms with Crippen LogP contribution in [0.25, 0.3) is 0 Å². The van der Waals surface area contributed by atoms with E-state index in [9.17, 15) is 9.59 Å². The molecule has 24 heavy (non-hydrogen) atoms. The lowest BCUT2D eigenvalue weighted by atomic mass is 10.1. The van der Waals surface area contributed by atoms with E-state index in [2.05, 4.69) is 20.2 Å². The summed E-state index contributed by atoms with van der Waals surface area (Å²) in [6, 6.07) is 6.79. The molecule has 1 aliphatic heterocycles. The van der Waals surface area contributed by atoms with Crippen molar-refractivity contribution in [1.29, 1.82) is 0 Å². The number of nitrogens with zero attached hydrogens (tertiary/aromatic N) is 3. The Morgan fingerprint density at radius 3 is 2.17 bits per heavy atom. The molecule has 124 valence electrons. The average molecular weight is 324 g/mol. The van der Waals surface area contributed by atoms with Crippen LogP contribution in [0.2, 0.25) is 0 Å². The molecule has 0 bridgehead atoms. The van der Waals surface area contributed by atoms with Crippen LogP contribution in [-0.2, 0) is 0 Å². The van der Waals surface area contributed by atoms with Gasteiger partial charge in [-0.1, -0.05) is 0 Å². The van der Waals surface area contributed by atoms with E-state index in [0.29, 0.717) is 22.8 Å². The smallest absolute Gasteiger partial charge is 0.258 e. The Kier molecular flexibility index (Phi) is 4.84. The molecular weight excluding hydrogens is 304 g/mol. The number of rotatable bonds is 4. The fraction of sp³-hybridized carbons (Fsp3) is 0.333. The van der Waals surface area contributed by atoms with Crippen LogP contribution in [-0.4, -0.2) is 34.7 Å². The molecule has 3 rings (SSSR count). The van der Waals surface area contributed by atoms with E-state index in [4.69, 9.17) is 0 Å². The molecule has 1 N–H and O–H groups in total. The molecule has 0 radical (unpaired) electrons. The highest BCUT2D eigenvalue weighted by atomic mass is 16.1. The first-order valence-corrected chi connectivity index (χ1v) is 8.13. The van der Waals surface area contributed by atoms with Gasteiger partial charge in [-0.15, -0.1) is 0 Å². The second kappa shape index (κ2) is 7.21. The Labute approximate surface area is 140 Å². The Bertz CT molecular complexity index is 720. The lowest BCUT2D eigenvalue weighted by Gasteiger charge is -2.26. The Morgan fingerprint density at radius 2 is 1.58 bits per heavy atom. The van der Waals surface area contributed by atoms with Crippen molar-refractivity contribution in [2.45, 2.75) is 26.2 Å². The average Bonchev–Trinajstić information content (AvgIpc) is 2.63. The Morgan fingerprint density at radius 1 is 0.958 bits per heavy atom. The number of amides is 1. The highest BCUT2D eigenvalue weighted by Gasteiger charge is 2.14. The highest BCUT2D eigenvalue weighted by molar-refractivity contribution is 6.04. The summed E-state index contributed by atoms with van der Waals surface area (Å²) < 4.78 is 0. The van der Waals surface area contributed by atoms with Crippen molar-refractivity contribution >= 4 is 23.3 Å². The number of ketones is 1. The van der Waals surface area contributed by atoms with E-state index < -0.39 is 0 Å². The summed E-state index contributed by atoms with van der Waals surface area (Å²) in [6.07, 6.45) is 6.66. The molecule has 1 aromatic heterocycles.